The molecule has 1 aliphatic heterocycles. The topological polar surface area (TPSA) is 74.5 Å². The van der Waals surface area contributed by atoms with E-state index in [0.717, 1.165) is 16.5 Å². The third kappa shape index (κ3) is 4.31. The van der Waals surface area contributed by atoms with Crippen molar-refractivity contribution in [2.45, 2.75) is 6.54 Å². The number of halogens is 1. The number of hydrogen-bond donors (Lipinski definition) is 1. The second kappa shape index (κ2) is 8.76. The summed E-state index contributed by atoms with van der Waals surface area (Å²) in [5.74, 6) is 0.491. The molecule has 0 spiro atoms. The molecular formula is C24H22FN5O2. The number of benzene rings is 3. The summed E-state index contributed by atoms with van der Waals surface area (Å²) < 4.78 is 18.7. The maximum Gasteiger partial charge on any atom is 0.321 e. The first-order valence-corrected chi connectivity index (χ1v) is 10.5. The van der Waals surface area contributed by atoms with Gasteiger partial charge in [0.2, 0.25) is 0 Å². The number of piperazine rings is 1. The molecule has 2 amide bonds. The third-order valence-corrected chi connectivity index (χ3v) is 5.60. The number of amides is 2. The van der Waals surface area contributed by atoms with Crippen LogP contribution in [0.3, 0.4) is 0 Å². The van der Waals surface area contributed by atoms with Crippen LogP contribution < -0.4 is 5.32 Å². The highest BCUT2D eigenvalue weighted by atomic mass is 19.1. The maximum absolute atomic E-state index is 13.4. The molecule has 3 aromatic carbocycles. The number of aromatic nitrogens is 2. The number of nitrogens with one attached hydrogen (secondary N) is 1. The zero-order chi connectivity index (χ0) is 21.9. The SMILES string of the molecule is O=C(Nc1cccc2ccccc12)N1CCN(Cc2noc(-c3cccc(F)c3)n2)CC1. The summed E-state index contributed by atoms with van der Waals surface area (Å²) in [4.78, 5) is 21.1. The monoisotopic (exact) mass is 431 g/mol. The van der Waals surface area contributed by atoms with Gasteiger partial charge in [-0.2, -0.15) is 4.98 Å². The number of fused-ring (bicyclic) bond motifs is 1. The minimum Gasteiger partial charge on any atom is -0.334 e. The van der Waals surface area contributed by atoms with Crippen LogP contribution in [0.1, 0.15) is 5.82 Å². The van der Waals surface area contributed by atoms with Gasteiger partial charge in [0.05, 0.1) is 12.2 Å². The molecule has 5 rings (SSSR count). The Balaban J connectivity index is 1.17. The van der Waals surface area contributed by atoms with Crippen molar-refractivity contribution in [2.75, 3.05) is 31.5 Å². The van der Waals surface area contributed by atoms with Crippen LogP contribution in [0.25, 0.3) is 22.2 Å². The van der Waals surface area contributed by atoms with Gasteiger partial charge in [-0.15, -0.1) is 0 Å². The lowest BCUT2D eigenvalue weighted by molar-refractivity contribution is 0.140. The van der Waals surface area contributed by atoms with Gasteiger partial charge in [0.1, 0.15) is 5.82 Å². The first-order chi connectivity index (χ1) is 15.7. The Morgan fingerprint density at radius 2 is 1.78 bits per heavy atom. The average Bonchev–Trinajstić information content (AvgIpc) is 3.28. The third-order valence-electron chi connectivity index (χ3n) is 5.60. The van der Waals surface area contributed by atoms with Gasteiger partial charge >= 0.3 is 6.03 Å². The van der Waals surface area contributed by atoms with E-state index in [1.165, 1.54) is 12.1 Å². The van der Waals surface area contributed by atoms with Crippen molar-refractivity contribution in [1.29, 1.82) is 0 Å². The first kappa shape index (κ1) is 20.1. The Labute approximate surface area is 184 Å². The van der Waals surface area contributed by atoms with Gasteiger partial charge in [0, 0.05) is 37.1 Å². The van der Waals surface area contributed by atoms with Crippen LogP contribution in [-0.4, -0.2) is 52.2 Å². The standard InChI is InChI=1S/C24H22FN5O2/c25-19-8-3-7-18(15-19)23-27-22(28-32-23)16-29-11-13-30(14-12-29)24(31)26-21-10-4-6-17-5-1-2-9-20(17)21/h1-10,15H,11-14,16H2,(H,26,31). The van der Waals surface area contributed by atoms with Crippen LogP contribution in [0.2, 0.25) is 0 Å². The summed E-state index contributed by atoms with van der Waals surface area (Å²) in [5.41, 5.74) is 1.37. The van der Waals surface area contributed by atoms with E-state index in [1.54, 1.807) is 12.1 Å². The quantitative estimate of drug-likeness (QED) is 0.519. The van der Waals surface area contributed by atoms with Crippen molar-refractivity contribution in [3.8, 4) is 11.5 Å². The van der Waals surface area contributed by atoms with E-state index in [4.69, 9.17) is 4.52 Å². The molecule has 4 aromatic rings. The molecule has 7 nitrogen and oxygen atoms in total. The Hall–Kier alpha value is -3.78. The lowest BCUT2D eigenvalue weighted by atomic mass is 10.1. The van der Waals surface area contributed by atoms with Crippen molar-refractivity contribution in [1.82, 2.24) is 19.9 Å². The van der Waals surface area contributed by atoms with E-state index in [9.17, 15) is 9.18 Å². The highest BCUT2D eigenvalue weighted by Crippen LogP contribution is 2.23. The fraction of sp³-hybridized carbons (Fsp3) is 0.208. The molecule has 0 saturated carbocycles. The summed E-state index contributed by atoms with van der Waals surface area (Å²) in [6.45, 7) is 3.12. The van der Waals surface area contributed by atoms with Crippen LogP contribution in [0.5, 0.6) is 0 Å². The van der Waals surface area contributed by atoms with E-state index < -0.39 is 0 Å². The van der Waals surface area contributed by atoms with Gasteiger partial charge in [-0.05, 0) is 29.7 Å². The largest absolute Gasteiger partial charge is 0.334 e. The summed E-state index contributed by atoms with van der Waals surface area (Å²) in [6, 6.07) is 19.9. The number of rotatable bonds is 4. The van der Waals surface area contributed by atoms with Crippen LogP contribution >= 0.6 is 0 Å². The Morgan fingerprint density at radius 1 is 1.00 bits per heavy atom. The second-order valence-electron chi connectivity index (χ2n) is 7.75. The van der Waals surface area contributed by atoms with E-state index >= 15 is 0 Å². The Morgan fingerprint density at radius 3 is 2.62 bits per heavy atom. The van der Waals surface area contributed by atoms with Gasteiger partial charge < -0.3 is 14.7 Å². The van der Waals surface area contributed by atoms with Gasteiger partial charge in [-0.3, -0.25) is 4.90 Å². The van der Waals surface area contributed by atoms with E-state index in [2.05, 4.69) is 20.4 Å². The molecule has 0 unspecified atom stereocenters. The number of hydrogen-bond acceptors (Lipinski definition) is 5. The highest BCUT2D eigenvalue weighted by Gasteiger charge is 2.23. The van der Waals surface area contributed by atoms with Crippen LogP contribution in [-0.2, 0) is 6.54 Å². The van der Waals surface area contributed by atoms with Gasteiger partial charge in [-0.1, -0.05) is 47.6 Å². The smallest absolute Gasteiger partial charge is 0.321 e. The maximum atomic E-state index is 13.4. The predicted molar refractivity (Wildman–Crippen MR) is 120 cm³/mol. The van der Waals surface area contributed by atoms with Gasteiger partial charge in [-0.25, -0.2) is 9.18 Å². The first-order valence-electron chi connectivity index (χ1n) is 10.5. The zero-order valence-electron chi connectivity index (χ0n) is 17.4. The Bertz CT molecular complexity index is 1240. The zero-order valence-corrected chi connectivity index (χ0v) is 17.4. The molecule has 0 bridgehead atoms. The predicted octanol–water partition coefficient (Wildman–Crippen LogP) is 4.38. The summed E-state index contributed by atoms with van der Waals surface area (Å²) in [6.07, 6.45) is 0. The van der Waals surface area contributed by atoms with Crippen molar-refractivity contribution in [3.05, 3.63) is 78.4 Å². The number of anilines is 1. The molecule has 0 aliphatic carbocycles. The molecule has 32 heavy (non-hydrogen) atoms. The second-order valence-corrected chi connectivity index (χ2v) is 7.75. The van der Waals surface area contributed by atoms with Crippen LogP contribution in [0.15, 0.2) is 71.3 Å². The van der Waals surface area contributed by atoms with Gasteiger partial charge in [0.15, 0.2) is 5.82 Å². The molecule has 2 heterocycles. The van der Waals surface area contributed by atoms with Crippen molar-refractivity contribution in [3.63, 3.8) is 0 Å². The fourth-order valence-corrected chi connectivity index (χ4v) is 3.89. The molecule has 8 heteroatoms. The molecular weight excluding hydrogens is 409 g/mol. The summed E-state index contributed by atoms with van der Waals surface area (Å²) >= 11 is 0. The average molecular weight is 431 g/mol. The molecule has 0 radical (unpaired) electrons. The normalized spacial score (nSPS) is 14.6. The minimum absolute atomic E-state index is 0.103. The molecule has 1 fully saturated rings. The molecule has 1 N–H and O–H groups in total. The molecule has 0 atom stereocenters. The molecule has 1 aromatic heterocycles. The Kier molecular flexibility index (Phi) is 5.51. The lowest BCUT2D eigenvalue weighted by Crippen LogP contribution is -2.49. The summed E-state index contributed by atoms with van der Waals surface area (Å²) in [5, 5.41) is 9.17. The molecule has 1 aliphatic rings. The highest BCUT2D eigenvalue weighted by molar-refractivity contribution is 6.01. The van der Waals surface area contributed by atoms with E-state index in [1.807, 2.05) is 47.4 Å². The molecule has 1 saturated heterocycles. The fourth-order valence-electron chi connectivity index (χ4n) is 3.89. The number of urea groups is 1. The number of carbonyl (C=O) groups excluding carboxylic acids is 1. The van der Waals surface area contributed by atoms with Crippen LogP contribution in [0, 0.1) is 5.82 Å². The van der Waals surface area contributed by atoms with Crippen molar-refractivity contribution >= 4 is 22.5 Å². The lowest BCUT2D eigenvalue weighted by Gasteiger charge is -2.34. The van der Waals surface area contributed by atoms with E-state index in [-0.39, 0.29) is 11.8 Å². The minimum atomic E-state index is -0.347. The number of carbonyl (C=O) groups is 1. The van der Waals surface area contributed by atoms with Gasteiger partial charge in [0.25, 0.3) is 5.89 Å². The van der Waals surface area contributed by atoms with Crippen molar-refractivity contribution in [2.24, 2.45) is 0 Å². The van der Waals surface area contributed by atoms with E-state index in [0.29, 0.717) is 50.0 Å². The number of nitrogens with zero attached hydrogens (tertiary/aromatic N) is 4. The van der Waals surface area contributed by atoms with Crippen LogP contribution in [0.4, 0.5) is 14.9 Å². The summed E-state index contributed by atoms with van der Waals surface area (Å²) in [7, 11) is 0. The molecule has 162 valence electrons. The van der Waals surface area contributed by atoms with Crippen molar-refractivity contribution < 1.29 is 13.7 Å².